The fourth-order valence-electron chi connectivity index (χ4n) is 2.15. The van der Waals surface area contributed by atoms with E-state index in [1.807, 2.05) is 18.4 Å². The minimum Gasteiger partial charge on any atom is -0.382 e. The highest BCUT2D eigenvalue weighted by molar-refractivity contribution is 9.10. The second-order valence-electron chi connectivity index (χ2n) is 4.54. The maximum Gasteiger partial charge on any atom is 0.139 e. The van der Waals surface area contributed by atoms with E-state index in [9.17, 15) is 4.39 Å². The molecule has 1 atom stereocenters. The maximum atomic E-state index is 13.6. The lowest BCUT2D eigenvalue weighted by atomic mass is 10.3. The molecule has 3 nitrogen and oxygen atoms in total. The van der Waals surface area contributed by atoms with Crippen LogP contribution < -0.4 is 0 Å². The van der Waals surface area contributed by atoms with Gasteiger partial charge in [0.1, 0.15) is 11.6 Å². The molecule has 0 radical (unpaired) electrons. The number of ether oxygens (including phenoxy) is 1. The van der Waals surface area contributed by atoms with Gasteiger partial charge in [0.2, 0.25) is 0 Å². The Kier molecular flexibility index (Phi) is 5.41. The van der Waals surface area contributed by atoms with Crippen LogP contribution in [0.2, 0.25) is 0 Å². The van der Waals surface area contributed by atoms with Crippen LogP contribution in [0.15, 0.2) is 16.6 Å². The monoisotopic (exact) mass is 362 g/mol. The predicted octanol–water partition coefficient (Wildman–Crippen LogP) is 4.66. The van der Waals surface area contributed by atoms with Crippen molar-refractivity contribution in [3.63, 3.8) is 0 Å². The van der Waals surface area contributed by atoms with Gasteiger partial charge in [0.25, 0.3) is 0 Å². The SMILES string of the molecule is CCOCCCn1c(C(C)Cl)nc2cc(F)c(Br)cc21. The summed E-state index contributed by atoms with van der Waals surface area (Å²) >= 11 is 9.40. The summed E-state index contributed by atoms with van der Waals surface area (Å²) < 4.78 is 21.4. The molecule has 6 heteroatoms. The van der Waals surface area contributed by atoms with Gasteiger partial charge in [0.05, 0.1) is 20.9 Å². The lowest BCUT2D eigenvalue weighted by Gasteiger charge is -2.10. The lowest BCUT2D eigenvalue weighted by Crippen LogP contribution is -2.07. The van der Waals surface area contributed by atoms with Crippen LogP contribution in [0.4, 0.5) is 4.39 Å². The Balaban J connectivity index is 2.37. The zero-order chi connectivity index (χ0) is 14.7. The fraction of sp³-hybridized carbons (Fsp3) is 0.500. The highest BCUT2D eigenvalue weighted by Crippen LogP contribution is 2.28. The molecule has 0 amide bonds. The molecule has 2 aromatic rings. The second kappa shape index (κ2) is 6.87. The van der Waals surface area contributed by atoms with Gasteiger partial charge in [-0.25, -0.2) is 9.37 Å². The van der Waals surface area contributed by atoms with Crippen molar-refractivity contribution < 1.29 is 9.13 Å². The largest absolute Gasteiger partial charge is 0.382 e. The summed E-state index contributed by atoms with van der Waals surface area (Å²) in [5.41, 5.74) is 1.52. The molecule has 0 saturated heterocycles. The van der Waals surface area contributed by atoms with Crippen LogP contribution in [-0.4, -0.2) is 22.8 Å². The Bertz CT molecular complexity index is 600. The van der Waals surface area contributed by atoms with Gasteiger partial charge in [0.15, 0.2) is 0 Å². The molecule has 0 aliphatic heterocycles. The highest BCUT2D eigenvalue weighted by Gasteiger charge is 2.16. The van der Waals surface area contributed by atoms with Crippen molar-refractivity contribution in [3.05, 3.63) is 28.2 Å². The van der Waals surface area contributed by atoms with Gasteiger partial charge in [-0.15, -0.1) is 11.6 Å². The average Bonchev–Trinajstić information content (AvgIpc) is 2.74. The van der Waals surface area contributed by atoms with Crippen molar-refractivity contribution in [1.29, 1.82) is 0 Å². The molecule has 110 valence electrons. The molecule has 0 aliphatic carbocycles. The zero-order valence-corrected chi connectivity index (χ0v) is 13.8. The molecular formula is C14H17BrClFN2O. The second-order valence-corrected chi connectivity index (χ2v) is 6.05. The molecule has 1 aromatic heterocycles. The number of aryl methyl sites for hydroxylation is 1. The van der Waals surface area contributed by atoms with E-state index in [0.717, 1.165) is 24.3 Å². The maximum absolute atomic E-state index is 13.6. The van der Waals surface area contributed by atoms with Gasteiger partial charge in [-0.3, -0.25) is 0 Å². The van der Waals surface area contributed by atoms with Crippen LogP contribution >= 0.6 is 27.5 Å². The Morgan fingerprint density at radius 2 is 2.25 bits per heavy atom. The first kappa shape index (κ1) is 15.7. The van der Waals surface area contributed by atoms with E-state index < -0.39 is 0 Å². The Labute approximate surface area is 131 Å². The van der Waals surface area contributed by atoms with Crippen molar-refractivity contribution in [2.45, 2.75) is 32.2 Å². The predicted molar refractivity (Wildman–Crippen MR) is 82.8 cm³/mol. The Morgan fingerprint density at radius 1 is 1.50 bits per heavy atom. The van der Waals surface area contributed by atoms with Crippen molar-refractivity contribution >= 4 is 38.6 Å². The summed E-state index contributed by atoms with van der Waals surface area (Å²) in [7, 11) is 0. The average molecular weight is 364 g/mol. The van der Waals surface area contributed by atoms with E-state index in [1.54, 1.807) is 6.07 Å². The normalized spacial score (nSPS) is 13.1. The smallest absolute Gasteiger partial charge is 0.139 e. The summed E-state index contributed by atoms with van der Waals surface area (Å²) in [6, 6.07) is 3.18. The fourth-order valence-corrected chi connectivity index (χ4v) is 2.64. The molecule has 1 heterocycles. The molecule has 0 fully saturated rings. The molecule has 0 saturated carbocycles. The van der Waals surface area contributed by atoms with E-state index in [4.69, 9.17) is 16.3 Å². The van der Waals surface area contributed by atoms with E-state index in [1.165, 1.54) is 6.07 Å². The molecule has 2 rings (SSSR count). The quantitative estimate of drug-likeness (QED) is 0.551. The van der Waals surface area contributed by atoms with E-state index in [-0.39, 0.29) is 11.2 Å². The first-order valence-corrected chi connectivity index (χ1v) is 7.84. The van der Waals surface area contributed by atoms with Gasteiger partial charge < -0.3 is 9.30 Å². The molecule has 0 N–H and O–H groups in total. The number of rotatable bonds is 6. The number of hydrogen-bond donors (Lipinski definition) is 0. The molecule has 1 unspecified atom stereocenters. The van der Waals surface area contributed by atoms with E-state index >= 15 is 0 Å². The first-order chi connectivity index (χ1) is 9.54. The van der Waals surface area contributed by atoms with Crippen molar-refractivity contribution in [1.82, 2.24) is 9.55 Å². The third kappa shape index (κ3) is 3.32. The third-order valence-corrected chi connectivity index (χ3v) is 3.85. The van der Waals surface area contributed by atoms with Crippen LogP contribution in [0.5, 0.6) is 0 Å². The van der Waals surface area contributed by atoms with Gasteiger partial charge in [0, 0.05) is 25.8 Å². The van der Waals surface area contributed by atoms with Crippen molar-refractivity contribution in [2.24, 2.45) is 0 Å². The number of halogens is 3. The van der Waals surface area contributed by atoms with Gasteiger partial charge in [-0.05, 0) is 42.3 Å². The minimum atomic E-state index is -0.315. The summed E-state index contributed by atoms with van der Waals surface area (Å²) in [5, 5.41) is -0.226. The van der Waals surface area contributed by atoms with E-state index in [2.05, 4.69) is 20.9 Å². The van der Waals surface area contributed by atoms with Crippen LogP contribution in [0.1, 0.15) is 31.5 Å². The molecule has 20 heavy (non-hydrogen) atoms. The van der Waals surface area contributed by atoms with Gasteiger partial charge in [-0.2, -0.15) is 0 Å². The standard InChI is InChI=1S/C14H17BrClFN2O/c1-3-20-6-4-5-19-13-7-10(15)11(17)8-12(13)18-14(19)9(2)16/h7-9H,3-6H2,1-2H3. The van der Waals surface area contributed by atoms with Crippen molar-refractivity contribution in [2.75, 3.05) is 13.2 Å². The number of imidazole rings is 1. The first-order valence-electron chi connectivity index (χ1n) is 6.61. The van der Waals surface area contributed by atoms with Crippen molar-refractivity contribution in [3.8, 4) is 0 Å². The molecule has 1 aromatic carbocycles. The zero-order valence-electron chi connectivity index (χ0n) is 11.5. The Morgan fingerprint density at radius 3 is 2.90 bits per heavy atom. The molecule has 0 aliphatic rings. The Hall–Kier alpha value is -0.650. The minimum absolute atomic E-state index is 0.226. The van der Waals surface area contributed by atoms with Crippen LogP contribution in [0, 0.1) is 5.82 Å². The van der Waals surface area contributed by atoms with Gasteiger partial charge in [-0.1, -0.05) is 0 Å². The summed E-state index contributed by atoms with van der Waals surface area (Å²) in [6.45, 7) is 5.99. The molecule has 0 spiro atoms. The molecule has 0 bridgehead atoms. The number of fused-ring (bicyclic) bond motifs is 1. The number of alkyl halides is 1. The number of benzene rings is 1. The van der Waals surface area contributed by atoms with E-state index in [0.29, 0.717) is 23.2 Å². The van der Waals surface area contributed by atoms with Crippen LogP contribution in [0.25, 0.3) is 11.0 Å². The summed E-state index contributed by atoms with van der Waals surface area (Å²) in [5.74, 6) is 0.445. The number of aromatic nitrogens is 2. The third-order valence-electron chi connectivity index (χ3n) is 3.05. The highest BCUT2D eigenvalue weighted by atomic mass is 79.9. The molecular weight excluding hydrogens is 347 g/mol. The van der Waals surface area contributed by atoms with Crippen LogP contribution in [-0.2, 0) is 11.3 Å². The number of hydrogen-bond acceptors (Lipinski definition) is 2. The van der Waals surface area contributed by atoms with Crippen LogP contribution in [0.3, 0.4) is 0 Å². The number of nitrogens with zero attached hydrogens (tertiary/aromatic N) is 2. The summed E-state index contributed by atoms with van der Waals surface area (Å²) in [4.78, 5) is 4.44. The lowest BCUT2D eigenvalue weighted by molar-refractivity contribution is 0.141. The summed E-state index contributed by atoms with van der Waals surface area (Å²) in [6.07, 6.45) is 0.866. The van der Waals surface area contributed by atoms with Gasteiger partial charge >= 0.3 is 0 Å². The topological polar surface area (TPSA) is 27.1 Å².